The largest absolute Gasteiger partial charge is 0.398 e. The van der Waals surface area contributed by atoms with Crippen molar-refractivity contribution in [1.29, 1.82) is 0 Å². The summed E-state index contributed by atoms with van der Waals surface area (Å²) in [5.74, 6) is 0. The van der Waals surface area contributed by atoms with E-state index in [4.69, 9.17) is 5.73 Å². The standard InChI is InChI=1S/C32H25N/c1-2-26-31(30(33)21-20-22-12-4-3-5-13-22)25-16-8-11-19-29(25)32(26)27-17-9-6-14-23(27)24-15-7-10-18-28(24)32/h2-21H,33H2,1H3/b21-20+,26-2+,31-30+. The topological polar surface area (TPSA) is 26.0 Å². The van der Waals surface area contributed by atoms with Crippen molar-refractivity contribution >= 4 is 11.6 Å². The van der Waals surface area contributed by atoms with Crippen LogP contribution in [-0.2, 0) is 5.41 Å². The maximum absolute atomic E-state index is 6.85. The Morgan fingerprint density at radius 2 is 1.12 bits per heavy atom. The van der Waals surface area contributed by atoms with Gasteiger partial charge in [0.1, 0.15) is 0 Å². The number of nitrogens with two attached hydrogens (primary N) is 1. The summed E-state index contributed by atoms with van der Waals surface area (Å²) in [6.45, 7) is 2.14. The van der Waals surface area contributed by atoms with Gasteiger partial charge in [0.05, 0.1) is 5.41 Å². The van der Waals surface area contributed by atoms with E-state index in [1.165, 1.54) is 39.0 Å². The second-order valence-corrected chi connectivity index (χ2v) is 8.66. The van der Waals surface area contributed by atoms with Crippen molar-refractivity contribution < 1.29 is 0 Å². The van der Waals surface area contributed by atoms with Crippen LogP contribution in [0.15, 0.2) is 127 Å². The molecule has 2 aliphatic rings. The molecule has 2 N–H and O–H groups in total. The van der Waals surface area contributed by atoms with Gasteiger partial charge in [0, 0.05) is 11.3 Å². The van der Waals surface area contributed by atoms with Gasteiger partial charge < -0.3 is 5.73 Å². The molecule has 0 unspecified atom stereocenters. The van der Waals surface area contributed by atoms with E-state index >= 15 is 0 Å². The highest BCUT2D eigenvalue weighted by Crippen LogP contribution is 2.63. The lowest BCUT2D eigenvalue weighted by molar-refractivity contribution is 0.792. The Bertz CT molecular complexity index is 1420. The van der Waals surface area contributed by atoms with Crippen LogP contribution in [0.5, 0.6) is 0 Å². The second-order valence-electron chi connectivity index (χ2n) is 8.66. The number of hydrogen-bond acceptors (Lipinski definition) is 1. The van der Waals surface area contributed by atoms with Crippen LogP contribution in [0.25, 0.3) is 22.8 Å². The highest BCUT2D eigenvalue weighted by molar-refractivity contribution is 6.01. The first-order chi connectivity index (χ1) is 16.3. The van der Waals surface area contributed by atoms with Crippen LogP contribution in [0, 0.1) is 0 Å². The molecule has 0 bridgehead atoms. The molecule has 4 aromatic rings. The van der Waals surface area contributed by atoms with Gasteiger partial charge in [0.25, 0.3) is 0 Å². The zero-order valence-corrected chi connectivity index (χ0v) is 18.6. The quantitative estimate of drug-likeness (QED) is 0.358. The molecule has 0 atom stereocenters. The Morgan fingerprint density at radius 1 is 0.636 bits per heavy atom. The molecule has 0 aromatic heterocycles. The fraction of sp³-hybridized carbons (Fsp3) is 0.0625. The van der Waals surface area contributed by atoms with Crippen LogP contribution in [0.3, 0.4) is 0 Å². The van der Waals surface area contributed by atoms with Gasteiger partial charge in [-0.3, -0.25) is 0 Å². The molecule has 0 fully saturated rings. The van der Waals surface area contributed by atoms with Crippen molar-refractivity contribution in [2.75, 3.05) is 0 Å². The summed E-state index contributed by atoms with van der Waals surface area (Å²) in [4.78, 5) is 0. The fourth-order valence-corrected chi connectivity index (χ4v) is 5.83. The van der Waals surface area contributed by atoms with E-state index in [0.717, 1.165) is 16.8 Å². The Balaban J connectivity index is 1.67. The SMILES string of the molecule is C\C=C1/C(=C(N)\C=C\c2ccccc2)c2ccccc2C12c1ccccc1-c1ccccc12. The molecule has 0 amide bonds. The number of fused-ring (bicyclic) bond motifs is 7. The molecule has 6 rings (SSSR count). The molecule has 4 aromatic carbocycles. The Morgan fingerprint density at radius 3 is 1.70 bits per heavy atom. The van der Waals surface area contributed by atoms with Crippen molar-refractivity contribution in [1.82, 2.24) is 0 Å². The molecule has 1 spiro atoms. The van der Waals surface area contributed by atoms with Gasteiger partial charge in [-0.25, -0.2) is 0 Å². The maximum atomic E-state index is 6.85. The van der Waals surface area contributed by atoms with Crippen molar-refractivity contribution in [3.05, 3.63) is 154 Å². The minimum Gasteiger partial charge on any atom is -0.398 e. The molecule has 1 nitrogen and oxygen atoms in total. The molecular formula is C32H25N. The highest BCUT2D eigenvalue weighted by Gasteiger charge is 2.53. The van der Waals surface area contributed by atoms with E-state index in [9.17, 15) is 0 Å². The summed E-state index contributed by atoms with van der Waals surface area (Å²) < 4.78 is 0. The summed E-state index contributed by atoms with van der Waals surface area (Å²) in [7, 11) is 0. The lowest BCUT2D eigenvalue weighted by Crippen LogP contribution is -2.26. The number of rotatable bonds is 2. The molecule has 158 valence electrons. The van der Waals surface area contributed by atoms with Crippen LogP contribution in [0.2, 0.25) is 0 Å². The van der Waals surface area contributed by atoms with E-state index in [2.05, 4.69) is 110 Å². The van der Waals surface area contributed by atoms with Crippen LogP contribution < -0.4 is 5.73 Å². The molecule has 1 heteroatoms. The summed E-state index contributed by atoms with van der Waals surface area (Å²) in [5, 5.41) is 0. The summed E-state index contributed by atoms with van der Waals surface area (Å²) in [5.41, 5.74) is 18.6. The Hall–Kier alpha value is -4.10. The predicted molar refractivity (Wildman–Crippen MR) is 139 cm³/mol. The van der Waals surface area contributed by atoms with Crippen molar-refractivity contribution in [3.63, 3.8) is 0 Å². The van der Waals surface area contributed by atoms with Gasteiger partial charge in [-0.05, 0) is 57.5 Å². The molecule has 0 saturated heterocycles. The van der Waals surface area contributed by atoms with Crippen LogP contribution in [0.1, 0.15) is 34.7 Å². The molecule has 0 aliphatic heterocycles. The van der Waals surface area contributed by atoms with Crippen molar-refractivity contribution in [2.45, 2.75) is 12.3 Å². The molecule has 2 aliphatic carbocycles. The first-order valence-electron chi connectivity index (χ1n) is 11.5. The third-order valence-electron chi connectivity index (χ3n) is 7.06. The van der Waals surface area contributed by atoms with E-state index in [1.807, 2.05) is 18.2 Å². The Kier molecular flexibility index (Phi) is 4.45. The van der Waals surface area contributed by atoms with Gasteiger partial charge >= 0.3 is 0 Å². The van der Waals surface area contributed by atoms with Crippen LogP contribution in [0.4, 0.5) is 0 Å². The maximum Gasteiger partial charge on any atom is 0.0723 e. The van der Waals surface area contributed by atoms with Gasteiger partial charge in [0.2, 0.25) is 0 Å². The third kappa shape index (κ3) is 2.66. The lowest BCUT2D eigenvalue weighted by Gasteiger charge is -2.30. The average Bonchev–Trinajstić information content (AvgIpc) is 3.35. The number of allylic oxidation sites excluding steroid dienone is 4. The summed E-state index contributed by atoms with van der Waals surface area (Å²) >= 11 is 0. The van der Waals surface area contributed by atoms with Gasteiger partial charge in [-0.2, -0.15) is 0 Å². The van der Waals surface area contributed by atoms with Gasteiger partial charge in [-0.15, -0.1) is 0 Å². The lowest BCUT2D eigenvalue weighted by atomic mass is 9.70. The van der Waals surface area contributed by atoms with E-state index in [0.29, 0.717) is 0 Å². The van der Waals surface area contributed by atoms with E-state index < -0.39 is 0 Å². The molecule has 0 heterocycles. The van der Waals surface area contributed by atoms with Crippen LogP contribution in [-0.4, -0.2) is 0 Å². The smallest absolute Gasteiger partial charge is 0.0723 e. The normalized spacial score (nSPS) is 17.9. The summed E-state index contributed by atoms with van der Waals surface area (Å²) in [6, 6.07) is 36.7. The molecular weight excluding hydrogens is 398 g/mol. The van der Waals surface area contributed by atoms with Gasteiger partial charge in [0.15, 0.2) is 0 Å². The van der Waals surface area contributed by atoms with E-state index in [-0.39, 0.29) is 5.41 Å². The molecule has 0 radical (unpaired) electrons. The van der Waals surface area contributed by atoms with Crippen molar-refractivity contribution in [2.24, 2.45) is 5.73 Å². The first kappa shape index (κ1) is 19.6. The highest BCUT2D eigenvalue weighted by atomic mass is 14.6. The Labute approximate surface area is 195 Å². The predicted octanol–water partition coefficient (Wildman–Crippen LogP) is 7.34. The first-order valence-corrected chi connectivity index (χ1v) is 11.5. The number of hydrogen-bond donors (Lipinski definition) is 1. The third-order valence-corrected chi connectivity index (χ3v) is 7.06. The van der Waals surface area contributed by atoms with Crippen molar-refractivity contribution in [3.8, 4) is 11.1 Å². The van der Waals surface area contributed by atoms with Gasteiger partial charge in [-0.1, -0.05) is 115 Å². The fourth-order valence-electron chi connectivity index (χ4n) is 5.83. The number of benzene rings is 4. The second kappa shape index (κ2) is 7.50. The average molecular weight is 424 g/mol. The summed E-state index contributed by atoms with van der Waals surface area (Å²) in [6.07, 6.45) is 6.41. The van der Waals surface area contributed by atoms with E-state index in [1.54, 1.807) is 0 Å². The molecule has 33 heavy (non-hydrogen) atoms. The van der Waals surface area contributed by atoms with Crippen LogP contribution >= 0.6 is 0 Å². The zero-order chi connectivity index (χ0) is 22.4. The molecule has 0 saturated carbocycles. The zero-order valence-electron chi connectivity index (χ0n) is 18.6. The minimum absolute atomic E-state index is 0.348. The minimum atomic E-state index is -0.348. The monoisotopic (exact) mass is 423 g/mol.